The van der Waals surface area contributed by atoms with Gasteiger partial charge in [0.25, 0.3) is 0 Å². The zero-order valence-corrected chi connectivity index (χ0v) is 18.3. The van der Waals surface area contributed by atoms with Crippen LogP contribution in [0.3, 0.4) is 0 Å². The molecule has 1 atom stereocenters. The Bertz CT molecular complexity index is 914. The highest BCUT2D eigenvalue weighted by Crippen LogP contribution is 2.28. The zero-order valence-electron chi connectivity index (χ0n) is 16.8. The summed E-state index contributed by atoms with van der Waals surface area (Å²) < 4.78 is 5.33. The molecule has 2 aromatic rings. The Labute approximate surface area is 186 Å². The number of aliphatic hydroxyl groups excluding tert-OH is 1. The number of amides is 1. The fourth-order valence-corrected chi connectivity index (χ4v) is 3.57. The van der Waals surface area contributed by atoms with Crippen molar-refractivity contribution in [1.29, 1.82) is 0 Å². The number of aliphatic hydroxyl groups is 1. The summed E-state index contributed by atoms with van der Waals surface area (Å²) in [5, 5.41) is 13.6. The molecule has 0 radical (unpaired) electrons. The Balaban J connectivity index is 1.95. The molecule has 8 heteroatoms. The lowest BCUT2D eigenvalue weighted by Crippen LogP contribution is -2.41. The third-order valence-corrected chi connectivity index (χ3v) is 5.29. The molecule has 0 saturated carbocycles. The van der Waals surface area contributed by atoms with Gasteiger partial charge in [0, 0.05) is 34.3 Å². The number of carbonyl (C=O) groups is 1. The average molecular weight is 450 g/mol. The van der Waals surface area contributed by atoms with E-state index in [1.807, 2.05) is 23.1 Å². The molecule has 1 heterocycles. The van der Waals surface area contributed by atoms with E-state index in [0.29, 0.717) is 45.8 Å². The maximum atomic E-state index is 12.7. The van der Waals surface area contributed by atoms with Crippen LogP contribution >= 0.6 is 23.2 Å². The van der Waals surface area contributed by atoms with Crippen LogP contribution in [0.25, 0.3) is 0 Å². The van der Waals surface area contributed by atoms with Crippen LogP contribution in [0.5, 0.6) is 0 Å². The predicted molar refractivity (Wildman–Crippen MR) is 121 cm³/mol. The molecule has 0 aliphatic carbocycles. The Morgan fingerprint density at radius 3 is 2.63 bits per heavy atom. The number of morpholine rings is 1. The van der Waals surface area contributed by atoms with Crippen molar-refractivity contribution in [1.82, 2.24) is 4.90 Å². The number of hydrogen-bond acceptors (Lipinski definition) is 5. The van der Waals surface area contributed by atoms with Gasteiger partial charge in [0.15, 0.2) is 0 Å². The Morgan fingerprint density at radius 1 is 1.20 bits per heavy atom. The summed E-state index contributed by atoms with van der Waals surface area (Å²) in [5.41, 5.74) is 2.49. The normalized spacial score (nSPS) is 16.3. The number of hydrogen-bond donors (Lipinski definition) is 2. The summed E-state index contributed by atoms with van der Waals surface area (Å²) in [6, 6.07) is 12.2. The first-order valence-electron chi connectivity index (χ1n) is 9.81. The third kappa shape index (κ3) is 6.03. The smallest absolute Gasteiger partial charge is 0.238 e. The molecule has 1 saturated heterocycles. The van der Waals surface area contributed by atoms with Gasteiger partial charge in [-0.15, -0.1) is 0 Å². The van der Waals surface area contributed by atoms with E-state index in [1.165, 1.54) is 0 Å². The summed E-state index contributed by atoms with van der Waals surface area (Å²) in [6.45, 7) is 4.66. The second kappa shape index (κ2) is 10.9. The molecule has 1 aliphatic rings. The van der Waals surface area contributed by atoms with Gasteiger partial charge in [0.05, 0.1) is 43.8 Å². The summed E-state index contributed by atoms with van der Waals surface area (Å²) in [4.78, 5) is 19.4. The molecule has 30 heavy (non-hydrogen) atoms. The van der Waals surface area contributed by atoms with Gasteiger partial charge in [-0.3, -0.25) is 14.7 Å². The minimum atomic E-state index is -0.354. The Morgan fingerprint density at radius 2 is 1.93 bits per heavy atom. The monoisotopic (exact) mass is 449 g/mol. The minimum Gasteiger partial charge on any atom is -0.394 e. The standard InChI is InChI=1S/C22H25Cl2N3O3/c1-15(14-28)25-22(17-4-2-3-5-19(17)24)18-12-16(23)6-7-20(18)26-21(29)13-27-8-10-30-11-9-27/h2-7,12,15,28H,8-11,13-14H2,1H3,(H,26,29). The van der Waals surface area contributed by atoms with Crippen LogP contribution in [0.15, 0.2) is 47.5 Å². The first-order valence-corrected chi connectivity index (χ1v) is 10.6. The SMILES string of the molecule is CC(CO)N=C(c1ccccc1Cl)c1cc(Cl)ccc1NC(=O)CN1CCOCC1. The van der Waals surface area contributed by atoms with Gasteiger partial charge in [-0.05, 0) is 31.2 Å². The molecule has 3 rings (SSSR count). The van der Waals surface area contributed by atoms with E-state index in [2.05, 4.69) is 10.3 Å². The van der Waals surface area contributed by atoms with Crippen molar-refractivity contribution in [2.45, 2.75) is 13.0 Å². The summed E-state index contributed by atoms with van der Waals surface area (Å²) in [7, 11) is 0. The van der Waals surface area contributed by atoms with E-state index < -0.39 is 0 Å². The number of aliphatic imine (C=N–C) groups is 1. The number of anilines is 1. The van der Waals surface area contributed by atoms with E-state index >= 15 is 0 Å². The molecular weight excluding hydrogens is 425 g/mol. The van der Waals surface area contributed by atoms with Gasteiger partial charge in [-0.25, -0.2) is 0 Å². The van der Waals surface area contributed by atoms with Gasteiger partial charge in [-0.2, -0.15) is 0 Å². The number of ether oxygens (including phenoxy) is 1. The van der Waals surface area contributed by atoms with E-state index in [0.717, 1.165) is 13.1 Å². The first-order chi connectivity index (χ1) is 14.5. The Hall–Kier alpha value is -1.96. The van der Waals surface area contributed by atoms with Gasteiger partial charge in [0.1, 0.15) is 0 Å². The highest BCUT2D eigenvalue weighted by atomic mass is 35.5. The van der Waals surface area contributed by atoms with Gasteiger partial charge in [-0.1, -0.05) is 41.4 Å². The maximum Gasteiger partial charge on any atom is 0.238 e. The molecule has 1 amide bonds. The number of rotatable bonds is 7. The fourth-order valence-electron chi connectivity index (χ4n) is 3.17. The maximum absolute atomic E-state index is 12.7. The van der Waals surface area contributed by atoms with E-state index in [9.17, 15) is 9.90 Å². The lowest BCUT2D eigenvalue weighted by Gasteiger charge is -2.26. The molecule has 1 fully saturated rings. The highest BCUT2D eigenvalue weighted by Gasteiger charge is 2.19. The molecule has 0 bridgehead atoms. The lowest BCUT2D eigenvalue weighted by atomic mass is 9.99. The van der Waals surface area contributed by atoms with Gasteiger partial charge < -0.3 is 15.2 Å². The molecule has 1 aliphatic heterocycles. The largest absolute Gasteiger partial charge is 0.394 e. The van der Waals surface area contributed by atoms with Crippen molar-refractivity contribution < 1.29 is 14.6 Å². The van der Waals surface area contributed by atoms with E-state index in [4.69, 9.17) is 27.9 Å². The highest BCUT2D eigenvalue weighted by molar-refractivity contribution is 6.36. The molecule has 0 spiro atoms. The number of benzene rings is 2. The second-order valence-electron chi connectivity index (χ2n) is 7.12. The number of halogens is 2. The number of carbonyl (C=O) groups excluding carboxylic acids is 1. The topological polar surface area (TPSA) is 74.2 Å². The van der Waals surface area contributed by atoms with Crippen LogP contribution in [-0.4, -0.2) is 67.1 Å². The van der Waals surface area contributed by atoms with E-state index in [1.54, 1.807) is 31.2 Å². The zero-order chi connectivity index (χ0) is 21.5. The van der Waals surface area contributed by atoms with Crippen LogP contribution in [-0.2, 0) is 9.53 Å². The van der Waals surface area contributed by atoms with Crippen molar-refractivity contribution >= 4 is 40.5 Å². The van der Waals surface area contributed by atoms with Crippen LogP contribution in [0.2, 0.25) is 10.0 Å². The van der Waals surface area contributed by atoms with Crippen LogP contribution in [0, 0.1) is 0 Å². The summed E-state index contributed by atoms with van der Waals surface area (Å²) >= 11 is 12.7. The molecule has 6 nitrogen and oxygen atoms in total. The summed E-state index contributed by atoms with van der Waals surface area (Å²) in [6.07, 6.45) is 0. The molecular formula is C22H25Cl2N3O3. The van der Waals surface area contributed by atoms with Crippen molar-refractivity contribution in [3.8, 4) is 0 Å². The second-order valence-corrected chi connectivity index (χ2v) is 7.96. The van der Waals surface area contributed by atoms with Crippen molar-refractivity contribution in [2.24, 2.45) is 4.99 Å². The predicted octanol–water partition coefficient (Wildman–Crippen LogP) is 3.48. The van der Waals surface area contributed by atoms with Gasteiger partial charge >= 0.3 is 0 Å². The van der Waals surface area contributed by atoms with Crippen LogP contribution < -0.4 is 5.32 Å². The fraction of sp³-hybridized carbons (Fsp3) is 0.364. The molecule has 2 N–H and O–H groups in total. The van der Waals surface area contributed by atoms with Crippen molar-refractivity contribution in [3.05, 3.63) is 63.6 Å². The van der Waals surface area contributed by atoms with Gasteiger partial charge in [0.2, 0.25) is 5.91 Å². The minimum absolute atomic E-state index is 0.118. The van der Waals surface area contributed by atoms with E-state index in [-0.39, 0.29) is 25.1 Å². The van der Waals surface area contributed by atoms with Crippen LogP contribution in [0.1, 0.15) is 18.1 Å². The number of nitrogens with zero attached hydrogens (tertiary/aromatic N) is 2. The van der Waals surface area contributed by atoms with Crippen molar-refractivity contribution in [2.75, 3.05) is 44.8 Å². The molecule has 160 valence electrons. The average Bonchev–Trinajstić information content (AvgIpc) is 2.74. The molecule has 1 unspecified atom stereocenters. The lowest BCUT2D eigenvalue weighted by molar-refractivity contribution is -0.118. The van der Waals surface area contributed by atoms with Crippen molar-refractivity contribution in [3.63, 3.8) is 0 Å². The molecule has 2 aromatic carbocycles. The summed E-state index contributed by atoms with van der Waals surface area (Å²) in [5.74, 6) is -0.130. The van der Waals surface area contributed by atoms with Crippen LogP contribution in [0.4, 0.5) is 5.69 Å². The number of nitrogens with one attached hydrogen (secondary N) is 1. The molecule has 0 aromatic heterocycles. The quantitative estimate of drug-likeness (QED) is 0.634. The first kappa shape index (κ1) is 22.7. The third-order valence-electron chi connectivity index (χ3n) is 4.72. The Kier molecular flexibility index (Phi) is 8.24.